The van der Waals surface area contributed by atoms with Crippen molar-refractivity contribution in [2.45, 2.75) is 18.8 Å². The van der Waals surface area contributed by atoms with E-state index in [2.05, 4.69) is 0 Å². The summed E-state index contributed by atoms with van der Waals surface area (Å²) in [7, 11) is 0. The van der Waals surface area contributed by atoms with Crippen LogP contribution in [-0.4, -0.2) is 25.1 Å². The first-order chi connectivity index (χ1) is 14.7. The second-order valence-corrected chi connectivity index (χ2v) is 7.16. The maximum atomic E-state index is 13.9. The van der Waals surface area contributed by atoms with Crippen LogP contribution >= 0.6 is 0 Å². The molecule has 0 aliphatic carbocycles. The molecule has 3 aromatic carbocycles. The van der Waals surface area contributed by atoms with Crippen molar-refractivity contribution in [1.82, 2.24) is 0 Å². The van der Waals surface area contributed by atoms with Gasteiger partial charge in [-0.25, -0.2) is 4.39 Å². The van der Waals surface area contributed by atoms with Gasteiger partial charge in [0.1, 0.15) is 37.5 Å². The van der Waals surface area contributed by atoms with Crippen LogP contribution in [0.2, 0.25) is 0 Å². The zero-order chi connectivity index (χ0) is 20.5. The molecule has 2 heterocycles. The lowest BCUT2D eigenvalue weighted by molar-refractivity contribution is 0.0948. The second kappa shape index (κ2) is 7.80. The molecular formula is C24H19FO5. The Bertz CT molecular complexity index is 1080. The Balaban J connectivity index is 1.33. The molecule has 0 aromatic heterocycles. The standard InChI is InChI=1S/C24H19FO5/c25-17-7-9-19(29-14-15-4-2-1-3-5-15)18(13-17)22(26)24-23(30-24)16-6-8-20-21(12-16)28-11-10-27-20/h1-9,12-13,23-24H,10-11,14H2/t23-,24+/m1/s1. The average molecular weight is 406 g/mol. The molecule has 0 saturated carbocycles. The second-order valence-electron chi connectivity index (χ2n) is 7.16. The molecular weight excluding hydrogens is 387 g/mol. The van der Waals surface area contributed by atoms with Crippen molar-refractivity contribution in [3.8, 4) is 17.2 Å². The molecule has 0 N–H and O–H groups in total. The molecule has 0 spiro atoms. The van der Waals surface area contributed by atoms with Gasteiger partial charge in [0.15, 0.2) is 23.4 Å². The van der Waals surface area contributed by atoms with E-state index in [1.54, 1.807) is 0 Å². The Kier molecular flexibility index (Phi) is 4.85. The molecule has 5 rings (SSSR count). The van der Waals surface area contributed by atoms with Crippen molar-refractivity contribution < 1.29 is 28.1 Å². The van der Waals surface area contributed by atoms with Crippen LogP contribution in [0.4, 0.5) is 4.39 Å². The third-order valence-corrected chi connectivity index (χ3v) is 5.09. The fourth-order valence-corrected chi connectivity index (χ4v) is 3.51. The number of rotatable bonds is 6. The van der Waals surface area contributed by atoms with Crippen LogP contribution in [0.25, 0.3) is 0 Å². The molecule has 3 aromatic rings. The van der Waals surface area contributed by atoms with Crippen molar-refractivity contribution in [1.29, 1.82) is 0 Å². The highest BCUT2D eigenvalue weighted by atomic mass is 19.1. The first-order valence-electron chi connectivity index (χ1n) is 9.74. The van der Waals surface area contributed by atoms with Gasteiger partial charge >= 0.3 is 0 Å². The first kappa shape index (κ1) is 18.6. The summed E-state index contributed by atoms with van der Waals surface area (Å²) >= 11 is 0. The predicted octanol–water partition coefficient (Wildman–Crippen LogP) is 4.50. The Morgan fingerprint density at radius 3 is 2.60 bits per heavy atom. The van der Waals surface area contributed by atoms with E-state index >= 15 is 0 Å². The first-order valence-corrected chi connectivity index (χ1v) is 9.74. The van der Waals surface area contributed by atoms with E-state index in [1.807, 2.05) is 48.5 Å². The summed E-state index contributed by atoms with van der Waals surface area (Å²) in [6.07, 6.45) is -1.09. The summed E-state index contributed by atoms with van der Waals surface area (Å²) in [6, 6.07) is 19.0. The van der Waals surface area contributed by atoms with Crippen molar-refractivity contribution in [2.75, 3.05) is 13.2 Å². The van der Waals surface area contributed by atoms with Crippen LogP contribution in [0.5, 0.6) is 17.2 Å². The predicted molar refractivity (Wildman–Crippen MR) is 107 cm³/mol. The summed E-state index contributed by atoms with van der Waals surface area (Å²) in [5.74, 6) is 0.842. The van der Waals surface area contributed by atoms with Gasteiger partial charge in [-0.2, -0.15) is 0 Å². The number of epoxide rings is 1. The van der Waals surface area contributed by atoms with Gasteiger partial charge in [0.05, 0.1) is 5.56 Å². The summed E-state index contributed by atoms with van der Waals surface area (Å²) in [6.45, 7) is 1.28. The van der Waals surface area contributed by atoms with Gasteiger partial charge in [-0.05, 0) is 41.5 Å². The van der Waals surface area contributed by atoms with Crippen molar-refractivity contribution in [2.24, 2.45) is 0 Å². The van der Waals surface area contributed by atoms with Crippen LogP contribution in [-0.2, 0) is 11.3 Å². The minimum Gasteiger partial charge on any atom is -0.488 e. The highest BCUT2D eigenvalue weighted by molar-refractivity contribution is 6.03. The third kappa shape index (κ3) is 3.74. The zero-order valence-electron chi connectivity index (χ0n) is 16.0. The fraction of sp³-hybridized carbons (Fsp3) is 0.208. The van der Waals surface area contributed by atoms with Gasteiger partial charge in [0, 0.05) is 0 Å². The fourth-order valence-electron chi connectivity index (χ4n) is 3.51. The molecule has 1 saturated heterocycles. The van der Waals surface area contributed by atoms with E-state index in [4.69, 9.17) is 18.9 Å². The third-order valence-electron chi connectivity index (χ3n) is 5.09. The van der Waals surface area contributed by atoms with Gasteiger partial charge < -0.3 is 18.9 Å². The molecule has 30 heavy (non-hydrogen) atoms. The molecule has 0 amide bonds. The molecule has 2 aliphatic rings. The van der Waals surface area contributed by atoms with Gasteiger partial charge in [-0.3, -0.25) is 4.79 Å². The largest absolute Gasteiger partial charge is 0.488 e. The van der Waals surface area contributed by atoms with Crippen molar-refractivity contribution in [3.63, 3.8) is 0 Å². The van der Waals surface area contributed by atoms with Crippen LogP contribution in [0.3, 0.4) is 0 Å². The molecule has 0 radical (unpaired) electrons. The Labute approximate surface area is 173 Å². The minimum atomic E-state index is -0.687. The van der Waals surface area contributed by atoms with Crippen molar-refractivity contribution in [3.05, 3.63) is 89.2 Å². The van der Waals surface area contributed by atoms with Crippen molar-refractivity contribution >= 4 is 5.78 Å². The van der Waals surface area contributed by atoms with E-state index in [1.165, 1.54) is 18.2 Å². The smallest absolute Gasteiger partial charge is 0.198 e. The number of ether oxygens (including phenoxy) is 4. The number of Topliss-reactive ketones (excluding diaryl/α,β-unsaturated/α-hetero) is 1. The molecule has 1 fully saturated rings. The van der Waals surface area contributed by atoms with E-state index in [-0.39, 0.29) is 18.0 Å². The Morgan fingerprint density at radius 1 is 0.967 bits per heavy atom. The Hall–Kier alpha value is -3.38. The SMILES string of the molecule is O=C(c1cc(F)ccc1OCc1ccccc1)[C@@H]1O[C@@H]1c1ccc2c(c1)OCCO2. The molecule has 5 nitrogen and oxygen atoms in total. The number of fused-ring (bicyclic) bond motifs is 1. The highest BCUT2D eigenvalue weighted by Crippen LogP contribution is 2.44. The molecule has 0 unspecified atom stereocenters. The lowest BCUT2D eigenvalue weighted by Crippen LogP contribution is -2.15. The van der Waals surface area contributed by atoms with E-state index in [0.29, 0.717) is 30.5 Å². The molecule has 152 valence electrons. The number of halogens is 1. The summed E-state index contributed by atoms with van der Waals surface area (Å²) < 4.78 is 36.5. The van der Waals surface area contributed by atoms with Crippen LogP contribution in [0.1, 0.15) is 27.6 Å². The normalized spacial score (nSPS) is 19.2. The molecule has 0 bridgehead atoms. The number of hydrogen-bond donors (Lipinski definition) is 0. The molecule has 6 heteroatoms. The average Bonchev–Trinajstić information content (AvgIpc) is 3.59. The maximum absolute atomic E-state index is 13.9. The summed E-state index contributed by atoms with van der Waals surface area (Å²) in [4.78, 5) is 13.0. The lowest BCUT2D eigenvalue weighted by atomic mass is 10.0. The van der Waals surface area contributed by atoms with Crippen LogP contribution in [0, 0.1) is 5.82 Å². The summed E-state index contributed by atoms with van der Waals surface area (Å²) in [5, 5.41) is 0. The number of ketones is 1. The number of carbonyl (C=O) groups excluding carboxylic acids is 1. The maximum Gasteiger partial charge on any atom is 0.198 e. The van der Waals surface area contributed by atoms with Gasteiger partial charge in [-0.1, -0.05) is 36.4 Å². The quantitative estimate of drug-likeness (QED) is 0.446. The van der Waals surface area contributed by atoms with E-state index < -0.39 is 18.0 Å². The zero-order valence-corrected chi connectivity index (χ0v) is 16.0. The summed E-state index contributed by atoms with van der Waals surface area (Å²) in [5.41, 5.74) is 1.95. The minimum absolute atomic E-state index is 0.177. The van der Waals surface area contributed by atoms with Crippen LogP contribution < -0.4 is 14.2 Å². The Morgan fingerprint density at radius 2 is 1.77 bits per heavy atom. The molecule has 2 atom stereocenters. The van der Waals surface area contributed by atoms with Gasteiger partial charge in [0.25, 0.3) is 0 Å². The molecule has 2 aliphatic heterocycles. The van der Waals surface area contributed by atoms with E-state index in [9.17, 15) is 9.18 Å². The van der Waals surface area contributed by atoms with Gasteiger partial charge in [0.2, 0.25) is 0 Å². The number of benzene rings is 3. The highest BCUT2D eigenvalue weighted by Gasteiger charge is 2.47. The number of carbonyl (C=O) groups is 1. The lowest BCUT2D eigenvalue weighted by Gasteiger charge is -2.18. The van der Waals surface area contributed by atoms with Gasteiger partial charge in [-0.15, -0.1) is 0 Å². The van der Waals surface area contributed by atoms with E-state index in [0.717, 1.165) is 11.1 Å². The van der Waals surface area contributed by atoms with Crippen LogP contribution in [0.15, 0.2) is 66.7 Å². The topological polar surface area (TPSA) is 57.3 Å². The number of hydrogen-bond acceptors (Lipinski definition) is 5. The monoisotopic (exact) mass is 406 g/mol.